The van der Waals surface area contributed by atoms with Crippen LogP contribution in [0.15, 0.2) is 12.7 Å². The van der Waals surface area contributed by atoms with Gasteiger partial charge in [0.2, 0.25) is 0 Å². The van der Waals surface area contributed by atoms with Crippen LogP contribution in [-0.4, -0.2) is 24.8 Å². The van der Waals surface area contributed by atoms with Crippen LogP contribution in [-0.2, 0) is 0 Å². The number of unbranched alkanes of at least 4 members (excludes halogenated alkanes) is 1. The van der Waals surface area contributed by atoms with Crippen molar-refractivity contribution in [3.8, 4) is 0 Å². The van der Waals surface area contributed by atoms with E-state index in [-0.39, 0.29) is 5.41 Å². The molecule has 0 bridgehead atoms. The van der Waals surface area contributed by atoms with Crippen molar-refractivity contribution in [1.82, 2.24) is 5.32 Å². The average Bonchev–Trinajstić information content (AvgIpc) is 2.67. The fourth-order valence-electron chi connectivity index (χ4n) is 2.24. The predicted molar refractivity (Wildman–Crippen MR) is 60.3 cm³/mol. The molecule has 0 atom stereocenters. The summed E-state index contributed by atoms with van der Waals surface area (Å²) in [5.74, 6) is 0. The third-order valence-corrected chi connectivity index (χ3v) is 3.26. The first-order valence-corrected chi connectivity index (χ1v) is 5.75. The van der Waals surface area contributed by atoms with E-state index in [0.29, 0.717) is 6.61 Å². The van der Waals surface area contributed by atoms with Crippen LogP contribution in [0.1, 0.15) is 38.5 Å². The third-order valence-electron chi connectivity index (χ3n) is 3.26. The van der Waals surface area contributed by atoms with Gasteiger partial charge in [-0.1, -0.05) is 18.9 Å². The van der Waals surface area contributed by atoms with Crippen LogP contribution in [0.3, 0.4) is 0 Å². The Labute approximate surface area is 87.4 Å². The summed E-state index contributed by atoms with van der Waals surface area (Å²) in [6.07, 6.45) is 9.16. The molecule has 0 aliphatic heterocycles. The Balaban J connectivity index is 2.11. The molecule has 0 unspecified atom stereocenters. The second-order valence-electron chi connectivity index (χ2n) is 4.47. The molecule has 0 aromatic heterocycles. The predicted octanol–water partition coefficient (Wildman–Crippen LogP) is 2.09. The second kappa shape index (κ2) is 6.20. The van der Waals surface area contributed by atoms with Crippen LogP contribution in [0.5, 0.6) is 0 Å². The lowest BCUT2D eigenvalue weighted by molar-refractivity contribution is 0.128. The van der Waals surface area contributed by atoms with Gasteiger partial charge >= 0.3 is 0 Å². The Bertz CT molecular complexity index is 162. The molecule has 1 fully saturated rings. The van der Waals surface area contributed by atoms with Gasteiger partial charge in [-0.2, -0.15) is 0 Å². The number of nitrogens with one attached hydrogen (secondary N) is 1. The summed E-state index contributed by atoms with van der Waals surface area (Å²) in [4.78, 5) is 0. The first-order valence-electron chi connectivity index (χ1n) is 5.75. The van der Waals surface area contributed by atoms with Crippen molar-refractivity contribution in [2.75, 3.05) is 19.7 Å². The fraction of sp³-hybridized carbons (Fsp3) is 0.833. The highest BCUT2D eigenvalue weighted by molar-refractivity contribution is 4.86. The highest BCUT2D eigenvalue weighted by atomic mass is 16.3. The summed E-state index contributed by atoms with van der Waals surface area (Å²) in [5, 5.41) is 12.8. The van der Waals surface area contributed by atoms with Crippen LogP contribution >= 0.6 is 0 Å². The number of allylic oxidation sites excluding steroid dienone is 1. The van der Waals surface area contributed by atoms with Crippen molar-refractivity contribution in [2.45, 2.75) is 38.5 Å². The summed E-state index contributed by atoms with van der Waals surface area (Å²) >= 11 is 0. The van der Waals surface area contributed by atoms with Crippen LogP contribution in [0.4, 0.5) is 0 Å². The Kier molecular flexibility index (Phi) is 5.20. The highest BCUT2D eigenvalue weighted by Crippen LogP contribution is 2.36. The monoisotopic (exact) mass is 197 g/mol. The largest absolute Gasteiger partial charge is 0.396 e. The topological polar surface area (TPSA) is 32.3 Å². The van der Waals surface area contributed by atoms with Crippen molar-refractivity contribution in [3.63, 3.8) is 0 Å². The zero-order valence-corrected chi connectivity index (χ0v) is 9.10. The molecule has 0 heterocycles. The van der Waals surface area contributed by atoms with Crippen molar-refractivity contribution in [1.29, 1.82) is 0 Å². The Morgan fingerprint density at radius 1 is 1.36 bits per heavy atom. The van der Waals surface area contributed by atoms with E-state index in [1.165, 1.54) is 25.7 Å². The molecule has 0 aromatic rings. The summed E-state index contributed by atoms with van der Waals surface area (Å²) in [5.41, 5.74) is 0.203. The van der Waals surface area contributed by atoms with Crippen LogP contribution in [0, 0.1) is 5.41 Å². The molecule has 1 aliphatic carbocycles. The van der Waals surface area contributed by atoms with Gasteiger partial charge in [-0.3, -0.25) is 0 Å². The molecule has 1 saturated carbocycles. The minimum atomic E-state index is 0.203. The van der Waals surface area contributed by atoms with Crippen molar-refractivity contribution in [2.24, 2.45) is 5.41 Å². The lowest BCUT2D eigenvalue weighted by atomic mass is 9.87. The molecule has 1 rings (SSSR count). The molecule has 0 aromatic carbocycles. The van der Waals surface area contributed by atoms with Crippen molar-refractivity contribution in [3.05, 3.63) is 12.7 Å². The molecule has 1 aliphatic rings. The van der Waals surface area contributed by atoms with E-state index in [2.05, 4.69) is 11.9 Å². The molecule has 0 saturated heterocycles. The molecular weight excluding hydrogens is 174 g/mol. The zero-order valence-electron chi connectivity index (χ0n) is 9.10. The van der Waals surface area contributed by atoms with Gasteiger partial charge in [0, 0.05) is 18.6 Å². The van der Waals surface area contributed by atoms with Crippen LogP contribution in [0.25, 0.3) is 0 Å². The minimum absolute atomic E-state index is 0.203. The lowest BCUT2D eigenvalue weighted by Gasteiger charge is -2.26. The minimum Gasteiger partial charge on any atom is -0.396 e. The van der Waals surface area contributed by atoms with Crippen molar-refractivity contribution >= 4 is 0 Å². The summed E-state index contributed by atoms with van der Waals surface area (Å²) < 4.78 is 0. The first-order chi connectivity index (χ1) is 6.83. The molecule has 2 heteroatoms. The van der Waals surface area contributed by atoms with Gasteiger partial charge in [0.15, 0.2) is 0 Å². The molecule has 0 amide bonds. The first kappa shape index (κ1) is 11.7. The lowest BCUT2D eigenvalue weighted by Crippen LogP contribution is -2.35. The molecule has 0 radical (unpaired) electrons. The molecule has 2 N–H and O–H groups in total. The average molecular weight is 197 g/mol. The van der Waals surface area contributed by atoms with E-state index in [1.807, 2.05) is 6.08 Å². The van der Waals surface area contributed by atoms with E-state index in [1.54, 1.807) is 0 Å². The standard InChI is InChI=1S/C12H23NO/c1-2-3-6-9-13-10-12(11-14)7-4-5-8-12/h2,13-14H,1,3-11H2. The Morgan fingerprint density at radius 3 is 2.64 bits per heavy atom. The number of hydrogen-bond donors (Lipinski definition) is 2. The number of aliphatic hydroxyl groups is 1. The van der Waals surface area contributed by atoms with Gasteiger partial charge in [0.1, 0.15) is 0 Å². The quantitative estimate of drug-likeness (QED) is 0.484. The van der Waals surface area contributed by atoms with Gasteiger partial charge in [-0.25, -0.2) is 0 Å². The van der Waals surface area contributed by atoms with Gasteiger partial charge in [-0.05, 0) is 32.2 Å². The second-order valence-corrected chi connectivity index (χ2v) is 4.47. The fourth-order valence-corrected chi connectivity index (χ4v) is 2.24. The number of rotatable bonds is 7. The number of hydrogen-bond acceptors (Lipinski definition) is 2. The maximum atomic E-state index is 9.36. The van der Waals surface area contributed by atoms with Gasteiger partial charge in [0.05, 0.1) is 0 Å². The van der Waals surface area contributed by atoms with Gasteiger partial charge in [0.25, 0.3) is 0 Å². The van der Waals surface area contributed by atoms with Crippen molar-refractivity contribution < 1.29 is 5.11 Å². The summed E-state index contributed by atoms with van der Waals surface area (Å²) in [7, 11) is 0. The van der Waals surface area contributed by atoms with Crippen LogP contribution in [0.2, 0.25) is 0 Å². The van der Waals surface area contributed by atoms with E-state index >= 15 is 0 Å². The summed E-state index contributed by atoms with van der Waals surface area (Å²) in [6, 6.07) is 0. The Morgan fingerprint density at radius 2 is 2.07 bits per heavy atom. The highest BCUT2D eigenvalue weighted by Gasteiger charge is 2.32. The molecule has 14 heavy (non-hydrogen) atoms. The van der Waals surface area contributed by atoms with E-state index in [0.717, 1.165) is 25.9 Å². The molecule has 2 nitrogen and oxygen atoms in total. The molecule has 82 valence electrons. The number of aliphatic hydroxyl groups excluding tert-OH is 1. The molecular formula is C12H23NO. The van der Waals surface area contributed by atoms with Gasteiger partial charge < -0.3 is 10.4 Å². The van der Waals surface area contributed by atoms with E-state index in [4.69, 9.17) is 0 Å². The maximum Gasteiger partial charge on any atom is 0.0499 e. The Hall–Kier alpha value is -0.340. The zero-order chi connectivity index (χ0) is 10.3. The summed E-state index contributed by atoms with van der Waals surface area (Å²) in [6.45, 7) is 6.08. The SMILES string of the molecule is C=CCCCNCC1(CO)CCCC1. The van der Waals surface area contributed by atoms with E-state index < -0.39 is 0 Å². The molecule has 0 spiro atoms. The van der Waals surface area contributed by atoms with E-state index in [9.17, 15) is 5.11 Å². The third kappa shape index (κ3) is 3.43. The smallest absolute Gasteiger partial charge is 0.0499 e. The normalized spacial score (nSPS) is 19.8. The van der Waals surface area contributed by atoms with Gasteiger partial charge in [-0.15, -0.1) is 6.58 Å². The maximum absolute atomic E-state index is 9.36. The van der Waals surface area contributed by atoms with Crippen LogP contribution < -0.4 is 5.32 Å².